The van der Waals surface area contributed by atoms with Crippen LogP contribution >= 0.6 is 35.0 Å². The normalized spacial score (nSPS) is 11.2. The Balaban J connectivity index is 1.87. The second-order valence-corrected chi connectivity index (χ2v) is 9.00. The van der Waals surface area contributed by atoms with Crippen LogP contribution in [0.4, 0.5) is 0 Å². The van der Waals surface area contributed by atoms with Crippen molar-refractivity contribution < 1.29 is 0 Å². The summed E-state index contributed by atoms with van der Waals surface area (Å²) in [6.45, 7) is 4.01. The summed E-state index contributed by atoms with van der Waals surface area (Å²) < 4.78 is 1.72. The standard InChI is InChI=1S/C24H20Cl2N2OS/c1-15-7-6-8-16(2)23(15)28-21(14-30-13-17-9-4-3-5-10-17)27-22-19(24(28)29)11-18(25)12-20(22)26/h3-12H,13-14H2,1-2H3. The van der Waals surface area contributed by atoms with Crippen LogP contribution in [0.15, 0.2) is 65.5 Å². The second-order valence-electron chi connectivity index (χ2n) is 7.17. The van der Waals surface area contributed by atoms with Crippen molar-refractivity contribution in [3.8, 4) is 5.69 Å². The minimum Gasteiger partial charge on any atom is -0.268 e. The number of fused-ring (bicyclic) bond motifs is 1. The quantitative estimate of drug-likeness (QED) is 0.334. The summed E-state index contributed by atoms with van der Waals surface area (Å²) in [5, 5.41) is 1.23. The predicted molar refractivity (Wildman–Crippen MR) is 128 cm³/mol. The molecule has 0 radical (unpaired) electrons. The minimum absolute atomic E-state index is 0.155. The highest BCUT2D eigenvalue weighted by atomic mass is 35.5. The van der Waals surface area contributed by atoms with Crippen molar-refractivity contribution in [1.82, 2.24) is 9.55 Å². The Morgan fingerprint density at radius 1 is 0.933 bits per heavy atom. The van der Waals surface area contributed by atoms with Gasteiger partial charge < -0.3 is 0 Å². The molecule has 0 amide bonds. The maximum Gasteiger partial charge on any atom is 0.266 e. The molecule has 30 heavy (non-hydrogen) atoms. The third-order valence-corrected chi connectivity index (χ3v) is 6.47. The van der Waals surface area contributed by atoms with E-state index < -0.39 is 0 Å². The molecule has 0 bridgehead atoms. The first-order valence-electron chi connectivity index (χ1n) is 9.54. The lowest BCUT2D eigenvalue weighted by Crippen LogP contribution is -2.25. The number of hydrogen-bond donors (Lipinski definition) is 0. The lowest BCUT2D eigenvalue weighted by molar-refractivity contribution is 0.870. The Bertz CT molecular complexity index is 1270. The molecule has 0 unspecified atom stereocenters. The fraction of sp³-hybridized carbons (Fsp3) is 0.167. The summed E-state index contributed by atoms with van der Waals surface area (Å²) in [4.78, 5) is 18.4. The van der Waals surface area contributed by atoms with Gasteiger partial charge in [-0.3, -0.25) is 9.36 Å². The zero-order valence-electron chi connectivity index (χ0n) is 16.7. The smallest absolute Gasteiger partial charge is 0.266 e. The first-order valence-corrected chi connectivity index (χ1v) is 11.5. The van der Waals surface area contributed by atoms with Crippen molar-refractivity contribution in [2.75, 3.05) is 0 Å². The summed E-state index contributed by atoms with van der Waals surface area (Å²) in [5.41, 5.74) is 4.46. The van der Waals surface area contributed by atoms with Gasteiger partial charge in [-0.2, -0.15) is 0 Å². The van der Waals surface area contributed by atoms with Crippen molar-refractivity contribution in [1.29, 1.82) is 0 Å². The molecule has 0 spiro atoms. The van der Waals surface area contributed by atoms with Crippen LogP contribution in [0.5, 0.6) is 0 Å². The van der Waals surface area contributed by atoms with Gasteiger partial charge in [0.25, 0.3) is 5.56 Å². The van der Waals surface area contributed by atoms with Crippen LogP contribution in [-0.4, -0.2) is 9.55 Å². The van der Waals surface area contributed by atoms with Gasteiger partial charge >= 0.3 is 0 Å². The van der Waals surface area contributed by atoms with Gasteiger partial charge in [0.2, 0.25) is 0 Å². The van der Waals surface area contributed by atoms with Crippen LogP contribution in [0.3, 0.4) is 0 Å². The van der Waals surface area contributed by atoms with Gasteiger partial charge in [-0.25, -0.2) is 4.98 Å². The number of para-hydroxylation sites is 1. The van der Waals surface area contributed by atoms with Gasteiger partial charge in [-0.15, -0.1) is 11.8 Å². The number of nitrogens with zero attached hydrogens (tertiary/aromatic N) is 2. The molecule has 0 aliphatic carbocycles. The topological polar surface area (TPSA) is 34.9 Å². The molecule has 0 saturated heterocycles. The number of aromatic nitrogens is 2. The van der Waals surface area contributed by atoms with E-state index in [0.29, 0.717) is 32.5 Å². The predicted octanol–water partition coefficient (Wildman–Crippen LogP) is 6.74. The number of thioether (sulfide) groups is 1. The van der Waals surface area contributed by atoms with Gasteiger partial charge in [0.15, 0.2) is 0 Å². The molecule has 3 aromatic carbocycles. The third-order valence-electron chi connectivity index (χ3n) is 4.97. The van der Waals surface area contributed by atoms with Crippen LogP contribution in [0.2, 0.25) is 10.0 Å². The van der Waals surface area contributed by atoms with E-state index in [2.05, 4.69) is 12.1 Å². The highest BCUT2D eigenvalue weighted by Gasteiger charge is 2.18. The monoisotopic (exact) mass is 454 g/mol. The van der Waals surface area contributed by atoms with Gasteiger partial charge in [0, 0.05) is 10.8 Å². The van der Waals surface area contributed by atoms with Crippen molar-refractivity contribution >= 4 is 45.9 Å². The largest absolute Gasteiger partial charge is 0.268 e. The Morgan fingerprint density at radius 3 is 2.33 bits per heavy atom. The molecule has 0 fully saturated rings. The molecule has 6 heteroatoms. The first kappa shape index (κ1) is 21.0. The maximum absolute atomic E-state index is 13.6. The average Bonchev–Trinajstić information content (AvgIpc) is 2.71. The lowest BCUT2D eigenvalue weighted by atomic mass is 10.1. The Morgan fingerprint density at radius 2 is 1.63 bits per heavy atom. The summed E-state index contributed by atoms with van der Waals surface area (Å²) in [6, 6.07) is 19.5. The molecule has 152 valence electrons. The highest BCUT2D eigenvalue weighted by molar-refractivity contribution is 7.97. The number of hydrogen-bond acceptors (Lipinski definition) is 3. The van der Waals surface area contributed by atoms with E-state index in [1.165, 1.54) is 5.56 Å². The lowest BCUT2D eigenvalue weighted by Gasteiger charge is -2.18. The van der Waals surface area contributed by atoms with Gasteiger partial charge in [0.05, 0.1) is 27.4 Å². The molecule has 0 aliphatic rings. The Labute approximate surface area is 189 Å². The van der Waals surface area contributed by atoms with Gasteiger partial charge in [0.1, 0.15) is 5.82 Å². The Kier molecular flexibility index (Phi) is 6.19. The fourth-order valence-corrected chi connectivity index (χ4v) is 5.02. The van der Waals surface area contributed by atoms with Crippen molar-refractivity contribution in [2.24, 2.45) is 0 Å². The SMILES string of the molecule is Cc1cccc(C)c1-n1c(CSCc2ccccc2)nc2c(Cl)cc(Cl)cc2c1=O. The Hall–Kier alpha value is -2.27. The molecule has 1 heterocycles. The molecular formula is C24H20Cl2N2OS. The zero-order valence-corrected chi connectivity index (χ0v) is 19.0. The number of halogens is 2. The molecule has 4 rings (SSSR count). The van der Waals surface area contributed by atoms with Gasteiger partial charge in [-0.1, -0.05) is 71.7 Å². The second kappa shape index (κ2) is 8.84. The summed E-state index contributed by atoms with van der Waals surface area (Å²) in [5.74, 6) is 2.08. The van der Waals surface area contributed by atoms with Crippen molar-refractivity contribution in [2.45, 2.75) is 25.4 Å². The number of benzene rings is 3. The van der Waals surface area contributed by atoms with Crippen LogP contribution in [-0.2, 0) is 11.5 Å². The molecule has 0 N–H and O–H groups in total. The first-order chi connectivity index (χ1) is 14.5. The summed E-state index contributed by atoms with van der Waals surface area (Å²) in [6.07, 6.45) is 0. The molecule has 0 atom stereocenters. The summed E-state index contributed by atoms with van der Waals surface area (Å²) >= 11 is 14.3. The van der Waals surface area contributed by atoms with Crippen LogP contribution in [0.1, 0.15) is 22.5 Å². The number of aryl methyl sites for hydroxylation is 2. The van der Waals surface area contributed by atoms with Crippen LogP contribution in [0, 0.1) is 13.8 Å². The average molecular weight is 455 g/mol. The van der Waals surface area contributed by atoms with E-state index in [-0.39, 0.29) is 5.56 Å². The third kappa shape index (κ3) is 4.13. The van der Waals surface area contributed by atoms with E-state index in [0.717, 1.165) is 22.6 Å². The molecule has 1 aromatic heterocycles. The fourth-order valence-electron chi connectivity index (χ4n) is 3.58. The molecule has 0 saturated carbocycles. The van der Waals surface area contributed by atoms with Crippen LogP contribution in [0.25, 0.3) is 16.6 Å². The molecule has 3 nitrogen and oxygen atoms in total. The van der Waals surface area contributed by atoms with Crippen molar-refractivity contribution in [3.05, 3.63) is 104 Å². The molecular weight excluding hydrogens is 435 g/mol. The number of rotatable bonds is 5. The van der Waals surface area contributed by atoms with Crippen LogP contribution < -0.4 is 5.56 Å². The summed E-state index contributed by atoms with van der Waals surface area (Å²) in [7, 11) is 0. The van der Waals surface area contributed by atoms with E-state index in [4.69, 9.17) is 28.2 Å². The van der Waals surface area contributed by atoms with E-state index in [9.17, 15) is 4.79 Å². The van der Waals surface area contributed by atoms with Crippen molar-refractivity contribution in [3.63, 3.8) is 0 Å². The van der Waals surface area contributed by atoms with E-state index >= 15 is 0 Å². The zero-order chi connectivity index (χ0) is 21.3. The van der Waals surface area contributed by atoms with Gasteiger partial charge in [-0.05, 0) is 42.7 Å². The maximum atomic E-state index is 13.6. The highest BCUT2D eigenvalue weighted by Crippen LogP contribution is 2.28. The molecule has 4 aromatic rings. The van der Waals surface area contributed by atoms with E-state index in [1.54, 1.807) is 28.5 Å². The molecule has 0 aliphatic heterocycles. The minimum atomic E-state index is -0.155. The van der Waals surface area contributed by atoms with E-state index in [1.807, 2.05) is 50.2 Å².